The van der Waals surface area contributed by atoms with E-state index in [1.807, 2.05) is 60.9 Å². The summed E-state index contributed by atoms with van der Waals surface area (Å²) in [6.07, 6.45) is 4.72. The summed E-state index contributed by atoms with van der Waals surface area (Å²) in [4.78, 5) is 21.0. The van der Waals surface area contributed by atoms with Crippen LogP contribution in [0.3, 0.4) is 0 Å². The van der Waals surface area contributed by atoms with Gasteiger partial charge in [-0.2, -0.15) is 0 Å². The Balaban J connectivity index is 1.34. The highest BCUT2D eigenvalue weighted by atomic mass is 35.5. The number of fused-ring (bicyclic) bond motifs is 2. The van der Waals surface area contributed by atoms with Crippen LogP contribution in [0.25, 0.3) is 22.4 Å². The van der Waals surface area contributed by atoms with E-state index >= 15 is 0 Å². The second-order valence-electron chi connectivity index (χ2n) is 6.98. The van der Waals surface area contributed by atoms with Gasteiger partial charge in [0, 0.05) is 48.4 Å². The van der Waals surface area contributed by atoms with Crippen molar-refractivity contribution in [1.82, 2.24) is 24.8 Å². The van der Waals surface area contributed by atoms with Gasteiger partial charge in [-0.25, -0.2) is 15.0 Å². The van der Waals surface area contributed by atoms with E-state index in [2.05, 4.69) is 14.9 Å². The van der Waals surface area contributed by atoms with Crippen LogP contribution < -0.4 is 0 Å². The molecule has 2 aromatic heterocycles. The predicted octanol–water partition coefficient (Wildman–Crippen LogP) is 4.30. The summed E-state index contributed by atoms with van der Waals surface area (Å²) in [5, 5.41) is 0.717. The van der Waals surface area contributed by atoms with Crippen LogP contribution in [0.2, 0.25) is 5.02 Å². The van der Waals surface area contributed by atoms with Crippen molar-refractivity contribution in [2.45, 2.75) is 19.5 Å². The highest BCUT2D eigenvalue weighted by Crippen LogP contribution is 2.23. The van der Waals surface area contributed by atoms with Gasteiger partial charge in [0.15, 0.2) is 5.82 Å². The number of hydrogen-bond donors (Lipinski definition) is 0. The molecule has 0 bridgehead atoms. The van der Waals surface area contributed by atoms with Crippen LogP contribution in [-0.2, 0) is 19.5 Å². The van der Waals surface area contributed by atoms with Crippen molar-refractivity contribution in [3.8, 4) is 11.4 Å². The first-order valence-corrected chi connectivity index (χ1v) is 9.66. The Morgan fingerprint density at radius 1 is 0.893 bits per heavy atom. The molecule has 0 saturated carbocycles. The van der Waals surface area contributed by atoms with Gasteiger partial charge < -0.3 is 0 Å². The summed E-state index contributed by atoms with van der Waals surface area (Å²) in [5.41, 5.74) is 6.15. The lowest BCUT2D eigenvalue weighted by molar-refractivity contribution is 0.240. The fourth-order valence-corrected chi connectivity index (χ4v) is 3.67. The third-order valence-electron chi connectivity index (χ3n) is 5.00. The van der Waals surface area contributed by atoms with Crippen molar-refractivity contribution in [2.75, 3.05) is 6.54 Å². The van der Waals surface area contributed by atoms with Crippen molar-refractivity contribution in [1.29, 1.82) is 0 Å². The van der Waals surface area contributed by atoms with Gasteiger partial charge in [-0.1, -0.05) is 23.7 Å². The first-order chi connectivity index (χ1) is 13.7. The van der Waals surface area contributed by atoms with E-state index in [4.69, 9.17) is 21.6 Å². The van der Waals surface area contributed by atoms with Crippen LogP contribution in [0.1, 0.15) is 17.0 Å². The smallest absolute Gasteiger partial charge is 0.159 e. The van der Waals surface area contributed by atoms with Crippen molar-refractivity contribution < 1.29 is 0 Å². The van der Waals surface area contributed by atoms with Gasteiger partial charge in [-0.3, -0.25) is 9.88 Å². The van der Waals surface area contributed by atoms with E-state index < -0.39 is 0 Å². The number of para-hydroxylation sites is 2. The van der Waals surface area contributed by atoms with E-state index in [0.717, 1.165) is 59.9 Å². The maximum absolute atomic E-state index is 5.97. The highest BCUT2D eigenvalue weighted by Gasteiger charge is 2.19. The third-order valence-corrected chi connectivity index (χ3v) is 5.25. The Morgan fingerprint density at radius 3 is 2.57 bits per heavy atom. The van der Waals surface area contributed by atoms with Crippen molar-refractivity contribution in [3.63, 3.8) is 0 Å². The van der Waals surface area contributed by atoms with Gasteiger partial charge in [0.05, 0.1) is 28.6 Å². The lowest BCUT2D eigenvalue weighted by atomic mass is 10.1. The zero-order valence-electron chi connectivity index (χ0n) is 15.2. The average molecular weight is 388 g/mol. The first-order valence-electron chi connectivity index (χ1n) is 9.28. The minimum atomic E-state index is 0.717. The second kappa shape index (κ2) is 7.26. The van der Waals surface area contributed by atoms with Crippen LogP contribution in [-0.4, -0.2) is 31.4 Å². The summed E-state index contributed by atoms with van der Waals surface area (Å²) in [7, 11) is 0. The average Bonchev–Trinajstić information content (AvgIpc) is 2.74. The zero-order chi connectivity index (χ0) is 18.9. The van der Waals surface area contributed by atoms with Gasteiger partial charge in [0.2, 0.25) is 0 Å². The molecule has 1 aliphatic rings. The monoisotopic (exact) mass is 387 g/mol. The molecule has 0 unspecified atom stereocenters. The van der Waals surface area contributed by atoms with Gasteiger partial charge >= 0.3 is 0 Å². The van der Waals surface area contributed by atoms with E-state index in [1.165, 1.54) is 5.56 Å². The Bertz CT molecular complexity index is 1140. The van der Waals surface area contributed by atoms with Gasteiger partial charge in [-0.15, -0.1) is 0 Å². The number of benzene rings is 2. The largest absolute Gasteiger partial charge is 0.293 e. The lowest BCUT2D eigenvalue weighted by Crippen LogP contribution is -2.31. The molecule has 0 radical (unpaired) electrons. The molecule has 3 heterocycles. The van der Waals surface area contributed by atoms with Crippen molar-refractivity contribution >= 4 is 22.6 Å². The van der Waals surface area contributed by atoms with Gasteiger partial charge in [-0.05, 0) is 36.4 Å². The van der Waals surface area contributed by atoms with Crippen molar-refractivity contribution in [2.24, 2.45) is 0 Å². The molecule has 0 amide bonds. The van der Waals surface area contributed by atoms with Crippen LogP contribution in [0.5, 0.6) is 0 Å². The fourth-order valence-electron chi connectivity index (χ4n) is 3.55. The Hall–Kier alpha value is -2.89. The number of hydrogen-bond acceptors (Lipinski definition) is 5. The minimum Gasteiger partial charge on any atom is -0.293 e. The molecule has 4 aromatic rings. The summed E-state index contributed by atoms with van der Waals surface area (Å²) < 4.78 is 0. The normalized spacial score (nSPS) is 14.2. The highest BCUT2D eigenvalue weighted by molar-refractivity contribution is 6.30. The molecule has 5 rings (SSSR count). The molecule has 0 saturated heterocycles. The van der Waals surface area contributed by atoms with Crippen LogP contribution in [0, 0.1) is 0 Å². The predicted molar refractivity (Wildman–Crippen MR) is 110 cm³/mol. The standard InChI is InChI=1S/C22H18ClN5/c23-17-7-5-15(6-8-17)22-25-11-16-13-28(10-9-19(16)27-22)14-18-12-24-20-3-1-2-4-21(20)26-18/h1-8,11-12H,9-10,13-14H2. The van der Waals surface area contributed by atoms with E-state index in [0.29, 0.717) is 5.02 Å². The maximum atomic E-state index is 5.97. The molecule has 0 spiro atoms. The number of aromatic nitrogens is 4. The molecule has 2 aromatic carbocycles. The SMILES string of the molecule is Clc1ccc(-c2ncc3c(n2)CCN(Cc2cnc4ccccc4n2)C3)cc1. The first kappa shape index (κ1) is 17.2. The molecule has 5 nitrogen and oxygen atoms in total. The number of nitrogens with zero attached hydrogens (tertiary/aromatic N) is 5. The van der Waals surface area contributed by atoms with Crippen LogP contribution >= 0.6 is 11.6 Å². The summed E-state index contributed by atoms with van der Waals surface area (Å²) >= 11 is 5.97. The molecule has 0 aliphatic carbocycles. The molecular weight excluding hydrogens is 370 g/mol. The molecule has 6 heteroatoms. The van der Waals surface area contributed by atoms with Crippen LogP contribution in [0.15, 0.2) is 60.9 Å². The van der Waals surface area contributed by atoms with E-state index in [9.17, 15) is 0 Å². The number of rotatable bonds is 3. The summed E-state index contributed by atoms with van der Waals surface area (Å²) in [6, 6.07) is 15.6. The molecule has 1 aliphatic heterocycles. The molecular formula is C22H18ClN5. The lowest BCUT2D eigenvalue weighted by Gasteiger charge is -2.27. The maximum Gasteiger partial charge on any atom is 0.159 e. The Labute approximate surface area is 168 Å². The third kappa shape index (κ3) is 3.46. The zero-order valence-corrected chi connectivity index (χ0v) is 16.0. The van der Waals surface area contributed by atoms with E-state index in [1.54, 1.807) is 0 Å². The molecule has 28 heavy (non-hydrogen) atoms. The minimum absolute atomic E-state index is 0.717. The van der Waals surface area contributed by atoms with Crippen LogP contribution in [0.4, 0.5) is 0 Å². The molecule has 0 fully saturated rings. The molecule has 0 N–H and O–H groups in total. The molecule has 0 atom stereocenters. The number of halogens is 1. The van der Waals surface area contributed by atoms with E-state index in [-0.39, 0.29) is 0 Å². The van der Waals surface area contributed by atoms with Crippen molar-refractivity contribution in [3.05, 3.63) is 82.9 Å². The topological polar surface area (TPSA) is 54.8 Å². The Morgan fingerprint density at radius 2 is 1.71 bits per heavy atom. The fraction of sp³-hybridized carbons (Fsp3) is 0.182. The molecule has 138 valence electrons. The summed E-state index contributed by atoms with van der Waals surface area (Å²) in [5.74, 6) is 0.754. The quantitative estimate of drug-likeness (QED) is 0.524. The second-order valence-corrected chi connectivity index (χ2v) is 7.42. The Kier molecular flexibility index (Phi) is 4.47. The summed E-state index contributed by atoms with van der Waals surface area (Å²) in [6.45, 7) is 2.54. The van der Waals surface area contributed by atoms with Gasteiger partial charge in [0.25, 0.3) is 0 Å². The van der Waals surface area contributed by atoms with Gasteiger partial charge in [0.1, 0.15) is 0 Å².